The maximum absolute atomic E-state index is 11.8. The summed E-state index contributed by atoms with van der Waals surface area (Å²) in [5.74, 6) is 0.0843. The lowest BCUT2D eigenvalue weighted by Gasteiger charge is -2.41. The number of primary amides is 1. The number of nitrogens with two attached hydrogens (primary N) is 1. The van der Waals surface area contributed by atoms with Gasteiger partial charge in [0.25, 0.3) is 0 Å². The van der Waals surface area contributed by atoms with Crippen LogP contribution in [0.5, 0.6) is 0 Å². The van der Waals surface area contributed by atoms with Crippen molar-refractivity contribution in [2.75, 3.05) is 32.7 Å². The minimum Gasteiger partial charge on any atom is -0.368 e. The van der Waals surface area contributed by atoms with Crippen molar-refractivity contribution in [2.45, 2.75) is 24.8 Å². The summed E-state index contributed by atoms with van der Waals surface area (Å²) in [6.07, 6.45) is 2.55. The molecule has 3 unspecified atom stereocenters. The number of amides is 1. The normalized spacial score (nSPS) is 34.0. The SMILES string of the molecule is [N-]=[N+]=NCCCNC1(C(N)=O)CCN2CCC1C2. The third-order valence-corrected chi connectivity index (χ3v) is 4.17. The average Bonchev–Trinajstić information content (AvgIpc) is 2.76. The van der Waals surface area contributed by atoms with Crippen molar-refractivity contribution in [1.29, 1.82) is 0 Å². The highest BCUT2D eigenvalue weighted by molar-refractivity contribution is 5.85. The lowest BCUT2D eigenvalue weighted by molar-refractivity contribution is -0.128. The molecular weight excluding hydrogens is 232 g/mol. The van der Waals surface area contributed by atoms with Crippen molar-refractivity contribution >= 4 is 5.91 Å². The Balaban J connectivity index is 1.94. The second-order valence-corrected chi connectivity index (χ2v) is 5.11. The van der Waals surface area contributed by atoms with Crippen molar-refractivity contribution in [3.8, 4) is 0 Å². The van der Waals surface area contributed by atoms with Crippen LogP contribution in [0.4, 0.5) is 0 Å². The van der Waals surface area contributed by atoms with Crippen LogP contribution < -0.4 is 11.1 Å². The van der Waals surface area contributed by atoms with E-state index >= 15 is 0 Å². The van der Waals surface area contributed by atoms with Crippen LogP contribution in [-0.4, -0.2) is 49.1 Å². The average molecular weight is 252 g/mol. The van der Waals surface area contributed by atoms with Crippen LogP contribution in [0.25, 0.3) is 10.4 Å². The smallest absolute Gasteiger partial charge is 0.238 e. The second-order valence-electron chi connectivity index (χ2n) is 5.11. The zero-order valence-electron chi connectivity index (χ0n) is 10.5. The minimum atomic E-state index is -0.552. The molecule has 0 spiro atoms. The standard InChI is InChI=1S/C11H20N6O/c12-10(18)11(14-4-1-5-15-16-13)3-7-17-6-2-9(11)8-17/h9,14H,1-8H2,(H2,12,18). The van der Waals surface area contributed by atoms with Gasteiger partial charge >= 0.3 is 0 Å². The number of carbonyl (C=O) groups is 1. The summed E-state index contributed by atoms with van der Waals surface area (Å²) < 4.78 is 0. The number of nitrogens with zero attached hydrogens (tertiary/aromatic N) is 4. The van der Waals surface area contributed by atoms with E-state index in [1.807, 2.05) is 0 Å². The van der Waals surface area contributed by atoms with Crippen molar-refractivity contribution in [3.05, 3.63) is 10.4 Å². The Morgan fingerprint density at radius 3 is 3.17 bits per heavy atom. The predicted molar refractivity (Wildman–Crippen MR) is 67.7 cm³/mol. The Hall–Kier alpha value is -1.30. The molecule has 0 aliphatic carbocycles. The molecule has 7 nitrogen and oxygen atoms in total. The molecular formula is C11H20N6O. The molecule has 2 aliphatic rings. The highest BCUT2D eigenvalue weighted by Crippen LogP contribution is 2.35. The van der Waals surface area contributed by atoms with Gasteiger partial charge in [-0.25, -0.2) is 0 Å². The first kappa shape index (κ1) is 13.1. The quantitative estimate of drug-likeness (QED) is 0.305. The first-order chi connectivity index (χ1) is 8.69. The van der Waals surface area contributed by atoms with Gasteiger partial charge in [-0.05, 0) is 37.9 Å². The fourth-order valence-corrected chi connectivity index (χ4v) is 3.13. The van der Waals surface area contributed by atoms with Crippen molar-refractivity contribution in [1.82, 2.24) is 10.2 Å². The van der Waals surface area contributed by atoms with E-state index < -0.39 is 5.54 Å². The molecule has 100 valence electrons. The molecule has 0 radical (unpaired) electrons. The molecule has 7 heteroatoms. The number of hydrogen-bond donors (Lipinski definition) is 2. The molecule has 2 fully saturated rings. The number of piperidine rings is 1. The van der Waals surface area contributed by atoms with Gasteiger partial charge < -0.3 is 16.0 Å². The summed E-state index contributed by atoms with van der Waals surface area (Å²) in [6.45, 7) is 4.09. The molecule has 2 aliphatic heterocycles. The van der Waals surface area contributed by atoms with Crippen LogP contribution in [0.1, 0.15) is 19.3 Å². The molecule has 3 atom stereocenters. The van der Waals surface area contributed by atoms with E-state index in [0.717, 1.165) is 38.9 Å². The summed E-state index contributed by atoms with van der Waals surface area (Å²) in [5.41, 5.74) is 13.3. The Bertz CT molecular complexity index is 367. The summed E-state index contributed by atoms with van der Waals surface area (Å²) in [4.78, 5) is 16.9. The molecule has 0 aromatic carbocycles. The monoisotopic (exact) mass is 252 g/mol. The number of nitrogens with one attached hydrogen (secondary N) is 1. The van der Waals surface area contributed by atoms with Gasteiger partial charge in [-0.1, -0.05) is 5.11 Å². The van der Waals surface area contributed by atoms with Crippen LogP contribution in [0.2, 0.25) is 0 Å². The van der Waals surface area contributed by atoms with Gasteiger partial charge in [0.1, 0.15) is 5.54 Å². The third-order valence-electron chi connectivity index (χ3n) is 4.17. The van der Waals surface area contributed by atoms with Gasteiger partial charge in [-0.2, -0.15) is 0 Å². The highest BCUT2D eigenvalue weighted by atomic mass is 16.1. The first-order valence-electron chi connectivity index (χ1n) is 6.47. The van der Waals surface area contributed by atoms with Gasteiger partial charge in [0.05, 0.1) is 0 Å². The fraction of sp³-hybridized carbons (Fsp3) is 0.909. The van der Waals surface area contributed by atoms with E-state index in [1.165, 1.54) is 0 Å². The molecule has 1 amide bonds. The Morgan fingerprint density at radius 1 is 1.61 bits per heavy atom. The van der Waals surface area contributed by atoms with E-state index in [-0.39, 0.29) is 5.91 Å². The molecule has 2 saturated heterocycles. The number of rotatable bonds is 6. The number of azide groups is 1. The Labute approximate surface area is 106 Å². The summed E-state index contributed by atoms with van der Waals surface area (Å²) in [7, 11) is 0. The zero-order chi connectivity index (χ0) is 13.0. The maximum Gasteiger partial charge on any atom is 0.238 e. The number of carbonyl (C=O) groups excluding carboxylic acids is 1. The largest absolute Gasteiger partial charge is 0.368 e. The lowest BCUT2D eigenvalue weighted by atomic mass is 9.78. The van der Waals surface area contributed by atoms with Crippen LogP contribution in [0.3, 0.4) is 0 Å². The van der Waals surface area contributed by atoms with Crippen LogP contribution in [0, 0.1) is 5.92 Å². The van der Waals surface area contributed by atoms with Gasteiger partial charge in [0.2, 0.25) is 5.91 Å². The summed E-state index contributed by atoms with van der Waals surface area (Å²) >= 11 is 0. The molecule has 2 heterocycles. The lowest BCUT2D eigenvalue weighted by Crippen LogP contribution is -2.63. The minimum absolute atomic E-state index is 0.238. The molecule has 0 aromatic rings. The van der Waals surface area contributed by atoms with Gasteiger partial charge in [-0.3, -0.25) is 4.79 Å². The molecule has 3 N–H and O–H groups in total. The van der Waals surface area contributed by atoms with Crippen LogP contribution in [-0.2, 0) is 4.79 Å². The molecule has 18 heavy (non-hydrogen) atoms. The molecule has 2 bridgehead atoms. The summed E-state index contributed by atoms with van der Waals surface area (Å²) in [5, 5.41) is 6.82. The van der Waals surface area contributed by atoms with Crippen molar-refractivity contribution in [3.63, 3.8) is 0 Å². The van der Waals surface area contributed by atoms with Gasteiger partial charge in [-0.15, -0.1) is 0 Å². The number of hydrogen-bond acceptors (Lipinski definition) is 4. The van der Waals surface area contributed by atoms with E-state index in [4.69, 9.17) is 11.3 Å². The number of fused-ring (bicyclic) bond motifs is 2. The fourth-order valence-electron chi connectivity index (χ4n) is 3.13. The molecule has 0 saturated carbocycles. The topological polar surface area (TPSA) is 107 Å². The first-order valence-corrected chi connectivity index (χ1v) is 6.47. The predicted octanol–water partition coefficient (Wildman–Crippen LogP) is 0.226. The highest BCUT2D eigenvalue weighted by Gasteiger charge is 2.49. The van der Waals surface area contributed by atoms with Crippen LogP contribution >= 0.6 is 0 Å². The van der Waals surface area contributed by atoms with Crippen molar-refractivity contribution < 1.29 is 4.79 Å². The van der Waals surface area contributed by atoms with Crippen LogP contribution in [0.15, 0.2) is 5.11 Å². The van der Waals surface area contributed by atoms with Gasteiger partial charge in [0, 0.05) is 30.5 Å². The molecule has 0 aromatic heterocycles. The van der Waals surface area contributed by atoms with E-state index in [2.05, 4.69) is 20.2 Å². The van der Waals surface area contributed by atoms with E-state index in [0.29, 0.717) is 19.0 Å². The van der Waals surface area contributed by atoms with Crippen molar-refractivity contribution in [2.24, 2.45) is 16.8 Å². The zero-order valence-corrected chi connectivity index (χ0v) is 10.5. The van der Waals surface area contributed by atoms with Gasteiger partial charge in [0.15, 0.2) is 0 Å². The van der Waals surface area contributed by atoms with E-state index in [9.17, 15) is 4.79 Å². The maximum atomic E-state index is 11.8. The Morgan fingerprint density at radius 2 is 2.44 bits per heavy atom. The molecule has 2 rings (SSSR count). The third kappa shape index (κ3) is 2.43. The second kappa shape index (κ2) is 5.56. The van der Waals surface area contributed by atoms with E-state index in [1.54, 1.807) is 0 Å². The summed E-state index contributed by atoms with van der Waals surface area (Å²) in [6, 6.07) is 0. The Kier molecular flexibility index (Phi) is 4.06.